The van der Waals surface area contributed by atoms with Crippen molar-refractivity contribution >= 4 is 11.9 Å². The van der Waals surface area contributed by atoms with Crippen molar-refractivity contribution in [2.75, 3.05) is 13.7 Å². The monoisotopic (exact) mass is 347 g/mol. The Bertz CT molecular complexity index is 599. The van der Waals surface area contributed by atoms with Crippen LogP contribution in [0.2, 0.25) is 0 Å². The SMILES string of the molecule is CCCN(C(=O)CCCCC(=O)O)C1CCc2c(cccc2OC)C1. The van der Waals surface area contributed by atoms with Gasteiger partial charge in [0, 0.05) is 25.4 Å². The first-order chi connectivity index (χ1) is 12.1. The van der Waals surface area contributed by atoms with Crippen molar-refractivity contribution in [1.82, 2.24) is 4.90 Å². The molecule has 0 spiro atoms. The van der Waals surface area contributed by atoms with Gasteiger partial charge < -0.3 is 14.7 Å². The van der Waals surface area contributed by atoms with Gasteiger partial charge in [-0.1, -0.05) is 19.1 Å². The molecule has 1 unspecified atom stereocenters. The Kier molecular flexibility index (Phi) is 7.29. The Morgan fingerprint density at radius 3 is 2.72 bits per heavy atom. The Hall–Kier alpha value is -2.04. The standard InChI is InChI=1S/C20H29NO4/c1-3-13-21(19(22)9-4-5-10-20(23)24)16-11-12-17-15(14-16)7-6-8-18(17)25-2/h6-8,16H,3-5,9-14H2,1-2H3,(H,23,24). The molecule has 0 aliphatic heterocycles. The Morgan fingerprint density at radius 1 is 1.28 bits per heavy atom. The average Bonchev–Trinajstić information content (AvgIpc) is 2.61. The van der Waals surface area contributed by atoms with E-state index in [1.54, 1.807) is 7.11 Å². The molecule has 5 heteroatoms. The number of hydrogen-bond acceptors (Lipinski definition) is 3. The molecule has 138 valence electrons. The van der Waals surface area contributed by atoms with Gasteiger partial charge in [0.05, 0.1) is 7.11 Å². The second-order valence-corrected chi connectivity index (χ2v) is 6.68. The van der Waals surface area contributed by atoms with Crippen LogP contribution in [0, 0.1) is 0 Å². The summed E-state index contributed by atoms with van der Waals surface area (Å²) < 4.78 is 5.46. The lowest BCUT2D eigenvalue weighted by Crippen LogP contribution is -2.43. The fraction of sp³-hybridized carbons (Fsp3) is 0.600. The lowest BCUT2D eigenvalue weighted by atomic mass is 9.86. The van der Waals surface area contributed by atoms with Gasteiger partial charge in [-0.15, -0.1) is 0 Å². The summed E-state index contributed by atoms with van der Waals surface area (Å²) in [4.78, 5) is 25.3. The van der Waals surface area contributed by atoms with Crippen molar-refractivity contribution < 1.29 is 19.4 Å². The molecule has 1 aromatic rings. The molecule has 1 N–H and O–H groups in total. The van der Waals surface area contributed by atoms with Gasteiger partial charge in [0.1, 0.15) is 5.75 Å². The highest BCUT2D eigenvalue weighted by Crippen LogP contribution is 2.31. The number of carbonyl (C=O) groups is 2. The highest BCUT2D eigenvalue weighted by Gasteiger charge is 2.28. The fourth-order valence-corrected chi connectivity index (χ4v) is 3.66. The summed E-state index contributed by atoms with van der Waals surface area (Å²) in [6.45, 7) is 2.85. The molecule has 1 aromatic carbocycles. The molecule has 0 fully saturated rings. The van der Waals surface area contributed by atoms with Gasteiger partial charge in [-0.2, -0.15) is 0 Å². The van der Waals surface area contributed by atoms with Crippen LogP contribution in [0.15, 0.2) is 18.2 Å². The second-order valence-electron chi connectivity index (χ2n) is 6.68. The Morgan fingerprint density at radius 2 is 2.04 bits per heavy atom. The molecule has 1 amide bonds. The molecule has 0 bridgehead atoms. The first kappa shape index (κ1) is 19.3. The van der Waals surface area contributed by atoms with Crippen LogP contribution in [0.3, 0.4) is 0 Å². The average molecular weight is 347 g/mol. The van der Waals surface area contributed by atoms with Crippen LogP contribution < -0.4 is 4.74 Å². The molecule has 1 atom stereocenters. The van der Waals surface area contributed by atoms with Crippen molar-refractivity contribution in [3.63, 3.8) is 0 Å². The number of hydrogen-bond donors (Lipinski definition) is 1. The van der Waals surface area contributed by atoms with E-state index in [1.807, 2.05) is 17.0 Å². The summed E-state index contributed by atoms with van der Waals surface area (Å²) in [6.07, 6.45) is 5.46. The number of fused-ring (bicyclic) bond motifs is 1. The van der Waals surface area contributed by atoms with E-state index in [1.165, 1.54) is 11.1 Å². The summed E-state index contributed by atoms with van der Waals surface area (Å²) in [7, 11) is 1.70. The van der Waals surface area contributed by atoms with E-state index in [2.05, 4.69) is 13.0 Å². The third-order valence-corrected chi connectivity index (χ3v) is 4.89. The van der Waals surface area contributed by atoms with Gasteiger partial charge in [0.2, 0.25) is 5.91 Å². The van der Waals surface area contributed by atoms with Crippen LogP contribution >= 0.6 is 0 Å². The minimum absolute atomic E-state index is 0.137. The predicted octanol–water partition coefficient (Wildman–Crippen LogP) is 3.44. The van der Waals surface area contributed by atoms with Crippen molar-refractivity contribution in [3.05, 3.63) is 29.3 Å². The third-order valence-electron chi connectivity index (χ3n) is 4.89. The zero-order valence-corrected chi connectivity index (χ0v) is 15.3. The highest BCUT2D eigenvalue weighted by molar-refractivity contribution is 5.76. The number of nitrogens with zero attached hydrogens (tertiary/aromatic N) is 1. The number of methoxy groups -OCH3 is 1. The third kappa shape index (κ3) is 5.21. The molecule has 0 aromatic heterocycles. The number of unbranched alkanes of at least 4 members (excludes halogenated alkanes) is 1. The fourth-order valence-electron chi connectivity index (χ4n) is 3.66. The first-order valence-corrected chi connectivity index (χ1v) is 9.22. The largest absolute Gasteiger partial charge is 0.496 e. The number of amides is 1. The number of rotatable bonds is 9. The minimum atomic E-state index is -0.796. The Balaban J connectivity index is 2.00. The van der Waals surface area contributed by atoms with E-state index in [4.69, 9.17) is 9.84 Å². The van der Waals surface area contributed by atoms with E-state index in [0.29, 0.717) is 19.3 Å². The van der Waals surface area contributed by atoms with Crippen LogP contribution in [-0.4, -0.2) is 41.6 Å². The maximum Gasteiger partial charge on any atom is 0.303 e. The van der Waals surface area contributed by atoms with Crippen LogP contribution in [0.25, 0.3) is 0 Å². The molecule has 25 heavy (non-hydrogen) atoms. The van der Waals surface area contributed by atoms with Crippen molar-refractivity contribution in [2.24, 2.45) is 0 Å². The first-order valence-electron chi connectivity index (χ1n) is 9.22. The molecule has 0 saturated heterocycles. The number of carboxylic acid groups (broad SMARTS) is 1. The lowest BCUT2D eigenvalue weighted by Gasteiger charge is -2.35. The van der Waals surface area contributed by atoms with E-state index >= 15 is 0 Å². The van der Waals surface area contributed by atoms with Gasteiger partial charge in [0.25, 0.3) is 0 Å². The summed E-state index contributed by atoms with van der Waals surface area (Å²) >= 11 is 0. The molecule has 0 radical (unpaired) electrons. The van der Waals surface area contributed by atoms with Crippen molar-refractivity contribution in [1.29, 1.82) is 0 Å². The normalized spacial score (nSPS) is 16.2. The van der Waals surface area contributed by atoms with E-state index in [-0.39, 0.29) is 18.4 Å². The Labute approximate surface area is 150 Å². The van der Waals surface area contributed by atoms with Gasteiger partial charge in [-0.25, -0.2) is 0 Å². The zero-order chi connectivity index (χ0) is 18.2. The molecule has 0 heterocycles. The number of carbonyl (C=O) groups excluding carboxylic acids is 1. The lowest BCUT2D eigenvalue weighted by molar-refractivity contribution is -0.138. The summed E-state index contributed by atoms with van der Waals surface area (Å²) in [5.41, 5.74) is 2.54. The molecular formula is C20H29NO4. The number of ether oxygens (including phenoxy) is 1. The number of benzene rings is 1. The maximum absolute atomic E-state index is 12.7. The molecule has 5 nitrogen and oxygen atoms in total. The molecule has 0 saturated carbocycles. The van der Waals surface area contributed by atoms with Crippen LogP contribution in [0.1, 0.15) is 56.6 Å². The van der Waals surface area contributed by atoms with Gasteiger partial charge in [-0.3, -0.25) is 9.59 Å². The molecule has 2 rings (SSSR count). The van der Waals surface area contributed by atoms with Crippen LogP contribution in [-0.2, 0) is 22.4 Å². The van der Waals surface area contributed by atoms with Crippen LogP contribution in [0.5, 0.6) is 5.75 Å². The van der Waals surface area contributed by atoms with Gasteiger partial charge >= 0.3 is 5.97 Å². The second kappa shape index (κ2) is 9.44. The maximum atomic E-state index is 12.7. The molecule has 1 aliphatic rings. The minimum Gasteiger partial charge on any atom is -0.496 e. The highest BCUT2D eigenvalue weighted by atomic mass is 16.5. The predicted molar refractivity (Wildman–Crippen MR) is 96.9 cm³/mol. The summed E-state index contributed by atoms with van der Waals surface area (Å²) in [5, 5.41) is 8.71. The van der Waals surface area contributed by atoms with E-state index in [0.717, 1.165) is 38.0 Å². The molecular weight excluding hydrogens is 318 g/mol. The van der Waals surface area contributed by atoms with E-state index in [9.17, 15) is 9.59 Å². The van der Waals surface area contributed by atoms with Gasteiger partial charge in [0.15, 0.2) is 0 Å². The zero-order valence-electron chi connectivity index (χ0n) is 15.3. The smallest absolute Gasteiger partial charge is 0.303 e. The van der Waals surface area contributed by atoms with Crippen molar-refractivity contribution in [3.8, 4) is 5.75 Å². The summed E-state index contributed by atoms with van der Waals surface area (Å²) in [5.74, 6) is 0.303. The van der Waals surface area contributed by atoms with Crippen molar-refractivity contribution in [2.45, 2.75) is 64.3 Å². The topological polar surface area (TPSA) is 66.8 Å². The quantitative estimate of drug-likeness (QED) is 0.695. The van der Waals surface area contributed by atoms with Crippen LogP contribution in [0.4, 0.5) is 0 Å². The van der Waals surface area contributed by atoms with Gasteiger partial charge in [-0.05, 0) is 55.7 Å². The number of carboxylic acids is 1. The van der Waals surface area contributed by atoms with E-state index < -0.39 is 5.97 Å². The summed E-state index contributed by atoms with van der Waals surface area (Å²) in [6, 6.07) is 6.37. The molecule has 1 aliphatic carbocycles. The number of aliphatic carboxylic acids is 1.